The molecule has 0 saturated heterocycles. The fourth-order valence-electron chi connectivity index (χ4n) is 2.27. The summed E-state index contributed by atoms with van der Waals surface area (Å²) in [5.41, 5.74) is 2.47. The molecule has 0 unspecified atom stereocenters. The van der Waals surface area contributed by atoms with E-state index in [2.05, 4.69) is 10.1 Å². The van der Waals surface area contributed by atoms with Crippen LogP contribution >= 0.6 is 0 Å². The van der Waals surface area contributed by atoms with Gasteiger partial charge in [0.25, 0.3) is 5.89 Å². The number of hydrogen-bond acceptors (Lipinski definition) is 6. The molecule has 0 aliphatic heterocycles. The predicted molar refractivity (Wildman–Crippen MR) is 87.2 cm³/mol. The third-order valence-electron chi connectivity index (χ3n) is 3.53. The number of ether oxygens (including phenoxy) is 2. The van der Waals surface area contributed by atoms with Crippen molar-refractivity contribution in [1.29, 1.82) is 0 Å². The van der Waals surface area contributed by atoms with Crippen molar-refractivity contribution in [3.63, 3.8) is 0 Å². The van der Waals surface area contributed by atoms with E-state index in [1.54, 1.807) is 18.2 Å². The number of benzene rings is 2. The summed E-state index contributed by atoms with van der Waals surface area (Å²) in [5.74, 6) is 1.82. The van der Waals surface area contributed by atoms with Crippen LogP contribution in [0.2, 0.25) is 0 Å². The second-order valence-corrected chi connectivity index (χ2v) is 5.14. The minimum Gasteiger partial charge on any atom is -0.493 e. The second-order valence-electron chi connectivity index (χ2n) is 5.14. The molecule has 6 heteroatoms. The van der Waals surface area contributed by atoms with Gasteiger partial charge in [0.1, 0.15) is 6.29 Å². The number of aryl methyl sites for hydroxylation is 1. The Morgan fingerprint density at radius 3 is 2.75 bits per heavy atom. The van der Waals surface area contributed by atoms with Crippen molar-refractivity contribution in [1.82, 2.24) is 10.1 Å². The molecule has 3 rings (SSSR count). The standard InChI is InChI=1S/C18H16N2O4/c1-12-5-3-4-6-14(12)18-19-17(24-20-18)11-23-16-9-13(10-21)7-8-15(16)22-2/h3-10H,11H2,1-2H3. The lowest BCUT2D eigenvalue weighted by Crippen LogP contribution is -1.99. The predicted octanol–water partition coefficient (Wildman–Crippen LogP) is 3.45. The largest absolute Gasteiger partial charge is 0.493 e. The zero-order valence-electron chi connectivity index (χ0n) is 13.4. The highest BCUT2D eigenvalue weighted by Gasteiger charge is 2.12. The van der Waals surface area contributed by atoms with E-state index in [1.807, 2.05) is 31.2 Å². The van der Waals surface area contributed by atoms with Crippen LogP contribution in [0.4, 0.5) is 0 Å². The molecule has 0 spiro atoms. The summed E-state index contributed by atoms with van der Waals surface area (Å²) < 4.78 is 16.1. The van der Waals surface area contributed by atoms with E-state index in [0.29, 0.717) is 28.8 Å². The Labute approximate surface area is 139 Å². The van der Waals surface area contributed by atoms with Crippen LogP contribution < -0.4 is 9.47 Å². The van der Waals surface area contributed by atoms with Crippen LogP contribution in [0.25, 0.3) is 11.4 Å². The summed E-state index contributed by atoms with van der Waals surface area (Å²) >= 11 is 0. The smallest absolute Gasteiger partial charge is 0.264 e. The third kappa shape index (κ3) is 3.27. The second kappa shape index (κ2) is 6.95. The number of aldehydes is 1. The summed E-state index contributed by atoms with van der Waals surface area (Å²) in [6.45, 7) is 2.06. The topological polar surface area (TPSA) is 74.5 Å². The summed E-state index contributed by atoms with van der Waals surface area (Å²) in [6, 6.07) is 12.7. The van der Waals surface area contributed by atoms with Crippen molar-refractivity contribution in [3.05, 3.63) is 59.5 Å². The first-order chi connectivity index (χ1) is 11.7. The number of methoxy groups -OCH3 is 1. The molecule has 1 aromatic heterocycles. The average Bonchev–Trinajstić information content (AvgIpc) is 3.08. The van der Waals surface area contributed by atoms with Crippen molar-refractivity contribution in [2.45, 2.75) is 13.5 Å². The van der Waals surface area contributed by atoms with Gasteiger partial charge < -0.3 is 14.0 Å². The zero-order chi connectivity index (χ0) is 16.9. The molecule has 0 amide bonds. The number of nitrogens with zero attached hydrogens (tertiary/aromatic N) is 2. The van der Waals surface area contributed by atoms with Crippen molar-refractivity contribution in [3.8, 4) is 22.9 Å². The summed E-state index contributed by atoms with van der Waals surface area (Å²) in [6.07, 6.45) is 0.745. The quantitative estimate of drug-likeness (QED) is 0.647. The minimum atomic E-state index is 0.0809. The van der Waals surface area contributed by atoms with Gasteiger partial charge in [-0.2, -0.15) is 4.98 Å². The van der Waals surface area contributed by atoms with Gasteiger partial charge in [-0.3, -0.25) is 4.79 Å². The maximum atomic E-state index is 10.9. The molecule has 6 nitrogen and oxygen atoms in total. The van der Waals surface area contributed by atoms with Gasteiger partial charge in [0.15, 0.2) is 18.1 Å². The van der Waals surface area contributed by atoms with Crippen LogP contribution in [-0.4, -0.2) is 23.5 Å². The van der Waals surface area contributed by atoms with Crippen molar-refractivity contribution in [2.24, 2.45) is 0 Å². The van der Waals surface area contributed by atoms with Gasteiger partial charge in [-0.05, 0) is 30.7 Å². The Hall–Kier alpha value is -3.15. The van der Waals surface area contributed by atoms with Crippen LogP contribution in [0.5, 0.6) is 11.5 Å². The molecule has 0 radical (unpaired) electrons. The van der Waals surface area contributed by atoms with Crippen molar-refractivity contribution in [2.75, 3.05) is 7.11 Å². The number of carbonyl (C=O) groups is 1. The molecule has 0 aliphatic carbocycles. The van der Waals surface area contributed by atoms with Crippen LogP contribution in [0.3, 0.4) is 0 Å². The number of rotatable bonds is 6. The molecule has 1 heterocycles. The van der Waals surface area contributed by atoms with E-state index in [9.17, 15) is 4.79 Å². The van der Waals surface area contributed by atoms with Gasteiger partial charge in [-0.25, -0.2) is 0 Å². The SMILES string of the molecule is COc1ccc(C=O)cc1OCc1nc(-c2ccccc2C)no1. The first kappa shape index (κ1) is 15.7. The van der Waals surface area contributed by atoms with Crippen molar-refractivity contribution < 1.29 is 18.8 Å². The highest BCUT2D eigenvalue weighted by Crippen LogP contribution is 2.28. The lowest BCUT2D eigenvalue weighted by Gasteiger charge is -2.09. The first-order valence-electron chi connectivity index (χ1n) is 7.36. The molecule has 0 bridgehead atoms. The Kier molecular flexibility index (Phi) is 4.56. The molecule has 0 N–H and O–H groups in total. The number of hydrogen-bond donors (Lipinski definition) is 0. The van der Waals surface area contributed by atoms with Gasteiger partial charge in [-0.15, -0.1) is 0 Å². The van der Waals surface area contributed by atoms with E-state index in [4.69, 9.17) is 14.0 Å². The molecule has 0 aliphatic rings. The summed E-state index contributed by atoms with van der Waals surface area (Å²) in [7, 11) is 1.53. The Bertz CT molecular complexity index is 858. The fraction of sp³-hybridized carbons (Fsp3) is 0.167. The normalized spacial score (nSPS) is 10.4. The number of carbonyl (C=O) groups excluding carboxylic acids is 1. The highest BCUT2D eigenvalue weighted by atomic mass is 16.5. The summed E-state index contributed by atoms with van der Waals surface area (Å²) in [5, 5.41) is 3.98. The third-order valence-corrected chi connectivity index (χ3v) is 3.53. The van der Waals surface area contributed by atoms with E-state index in [1.165, 1.54) is 7.11 Å². The summed E-state index contributed by atoms with van der Waals surface area (Å²) in [4.78, 5) is 15.2. The van der Waals surface area contributed by atoms with E-state index in [-0.39, 0.29) is 6.61 Å². The van der Waals surface area contributed by atoms with Crippen LogP contribution in [0, 0.1) is 6.92 Å². The molecule has 0 atom stereocenters. The fourth-order valence-corrected chi connectivity index (χ4v) is 2.27. The molecule has 3 aromatic rings. The van der Waals surface area contributed by atoms with Gasteiger partial charge in [-0.1, -0.05) is 29.4 Å². The van der Waals surface area contributed by atoms with Crippen molar-refractivity contribution >= 4 is 6.29 Å². The molecular weight excluding hydrogens is 308 g/mol. The maximum absolute atomic E-state index is 10.9. The first-order valence-corrected chi connectivity index (χ1v) is 7.36. The lowest BCUT2D eigenvalue weighted by atomic mass is 10.1. The Morgan fingerprint density at radius 1 is 1.17 bits per heavy atom. The van der Waals surface area contributed by atoms with Crippen LogP contribution in [-0.2, 0) is 6.61 Å². The van der Waals surface area contributed by atoms with Gasteiger partial charge in [0.2, 0.25) is 5.82 Å². The molecule has 2 aromatic carbocycles. The van der Waals surface area contributed by atoms with Gasteiger partial charge in [0, 0.05) is 11.1 Å². The Morgan fingerprint density at radius 2 is 2.00 bits per heavy atom. The Balaban J connectivity index is 1.77. The molecule has 24 heavy (non-hydrogen) atoms. The number of aromatic nitrogens is 2. The van der Waals surface area contributed by atoms with E-state index >= 15 is 0 Å². The molecule has 0 saturated carbocycles. The molecule has 122 valence electrons. The van der Waals surface area contributed by atoms with E-state index in [0.717, 1.165) is 17.4 Å². The van der Waals surface area contributed by atoms with E-state index < -0.39 is 0 Å². The van der Waals surface area contributed by atoms with Crippen LogP contribution in [0.1, 0.15) is 21.8 Å². The average molecular weight is 324 g/mol. The molecule has 0 fully saturated rings. The zero-order valence-corrected chi connectivity index (χ0v) is 13.4. The molecular formula is C18H16N2O4. The van der Waals surface area contributed by atoms with Crippen LogP contribution in [0.15, 0.2) is 47.0 Å². The van der Waals surface area contributed by atoms with Gasteiger partial charge in [0.05, 0.1) is 7.11 Å². The maximum Gasteiger partial charge on any atom is 0.264 e. The monoisotopic (exact) mass is 324 g/mol. The van der Waals surface area contributed by atoms with Gasteiger partial charge >= 0.3 is 0 Å². The minimum absolute atomic E-state index is 0.0809. The lowest BCUT2D eigenvalue weighted by molar-refractivity contribution is 0.112. The highest BCUT2D eigenvalue weighted by molar-refractivity contribution is 5.76.